The van der Waals surface area contributed by atoms with Gasteiger partial charge in [0.2, 0.25) is 0 Å². The molecule has 102 valence electrons. The van der Waals surface area contributed by atoms with Gasteiger partial charge in [0.05, 0.1) is 0 Å². The van der Waals surface area contributed by atoms with E-state index in [9.17, 15) is 4.79 Å². The van der Waals surface area contributed by atoms with Crippen molar-refractivity contribution in [2.45, 2.75) is 51.1 Å². The highest BCUT2D eigenvalue weighted by Crippen LogP contribution is 2.38. The summed E-state index contributed by atoms with van der Waals surface area (Å²) in [5.41, 5.74) is 2.21. The summed E-state index contributed by atoms with van der Waals surface area (Å²) in [5, 5.41) is 0. The summed E-state index contributed by atoms with van der Waals surface area (Å²) in [6.45, 7) is 2.14. The maximum absolute atomic E-state index is 12.6. The van der Waals surface area contributed by atoms with Crippen molar-refractivity contribution in [1.82, 2.24) is 4.90 Å². The summed E-state index contributed by atoms with van der Waals surface area (Å²) >= 11 is 0. The van der Waals surface area contributed by atoms with Crippen LogP contribution < -0.4 is 0 Å². The minimum absolute atomic E-state index is 0.251. The average Bonchev–Trinajstić information content (AvgIpc) is 2.68. The van der Waals surface area contributed by atoms with Gasteiger partial charge in [0, 0.05) is 23.6 Å². The lowest BCUT2D eigenvalue weighted by Crippen LogP contribution is -2.42. The van der Waals surface area contributed by atoms with E-state index >= 15 is 0 Å². The predicted octanol–water partition coefficient (Wildman–Crippen LogP) is 3.30. The number of Topliss-reactive ketones (excluding diaryl/α,β-unsaturated/α-hetero) is 1. The quantitative estimate of drug-likeness (QED) is 0.774. The maximum Gasteiger partial charge on any atom is 0.166 e. The second-order valence-electron chi connectivity index (χ2n) is 6.13. The molecule has 2 heteroatoms. The molecule has 0 N–H and O–H groups in total. The van der Waals surface area contributed by atoms with Gasteiger partial charge in [0.1, 0.15) is 0 Å². The first kappa shape index (κ1) is 12.9. The van der Waals surface area contributed by atoms with Gasteiger partial charge in [-0.15, -0.1) is 0 Å². The van der Waals surface area contributed by atoms with Crippen LogP contribution in [0, 0.1) is 5.92 Å². The van der Waals surface area contributed by atoms with E-state index in [0.29, 0.717) is 17.9 Å². The molecule has 2 atom stereocenters. The fourth-order valence-corrected chi connectivity index (χ4v) is 3.77. The van der Waals surface area contributed by atoms with E-state index in [2.05, 4.69) is 31.0 Å². The minimum atomic E-state index is 0.251. The van der Waals surface area contributed by atoms with Gasteiger partial charge in [-0.1, -0.05) is 31.2 Å². The number of fused-ring (bicyclic) bond motifs is 2. The van der Waals surface area contributed by atoms with Crippen molar-refractivity contribution in [3.8, 4) is 0 Å². The first-order valence-electron chi connectivity index (χ1n) is 7.54. The molecule has 2 aliphatic rings. The van der Waals surface area contributed by atoms with Crippen LogP contribution in [0.3, 0.4) is 0 Å². The average molecular weight is 257 g/mol. The number of aryl methyl sites for hydroxylation is 1. The van der Waals surface area contributed by atoms with Crippen molar-refractivity contribution < 1.29 is 4.79 Å². The highest BCUT2D eigenvalue weighted by molar-refractivity contribution is 5.98. The van der Waals surface area contributed by atoms with Gasteiger partial charge < -0.3 is 4.90 Å². The third kappa shape index (κ3) is 2.34. The van der Waals surface area contributed by atoms with E-state index in [1.807, 2.05) is 12.1 Å². The maximum atomic E-state index is 12.6. The Bertz CT molecular complexity index is 451. The summed E-state index contributed by atoms with van der Waals surface area (Å²) in [4.78, 5) is 15.1. The Hall–Kier alpha value is -1.15. The molecule has 0 amide bonds. The van der Waals surface area contributed by atoms with E-state index in [-0.39, 0.29) is 5.92 Å². The molecule has 2 heterocycles. The van der Waals surface area contributed by atoms with Crippen LogP contribution >= 0.6 is 0 Å². The molecule has 0 radical (unpaired) electrons. The third-order valence-electron chi connectivity index (χ3n) is 5.12. The lowest BCUT2D eigenvalue weighted by Gasteiger charge is -2.35. The first-order chi connectivity index (χ1) is 9.19. The molecule has 2 nitrogen and oxygen atoms in total. The summed E-state index contributed by atoms with van der Waals surface area (Å²) in [5.74, 6) is 0.619. The number of hydrogen-bond donors (Lipinski definition) is 0. The normalized spacial score (nSPS) is 30.5. The zero-order valence-corrected chi connectivity index (χ0v) is 11.9. The van der Waals surface area contributed by atoms with Gasteiger partial charge in [-0.2, -0.15) is 0 Å². The Kier molecular flexibility index (Phi) is 3.44. The van der Waals surface area contributed by atoms with Crippen molar-refractivity contribution in [1.29, 1.82) is 0 Å². The molecule has 1 aromatic rings. The van der Waals surface area contributed by atoms with Crippen molar-refractivity contribution >= 4 is 5.78 Å². The molecule has 2 bridgehead atoms. The van der Waals surface area contributed by atoms with Gasteiger partial charge >= 0.3 is 0 Å². The van der Waals surface area contributed by atoms with Crippen LogP contribution in [-0.2, 0) is 6.42 Å². The zero-order valence-electron chi connectivity index (χ0n) is 11.9. The molecule has 2 fully saturated rings. The van der Waals surface area contributed by atoms with E-state index < -0.39 is 0 Å². The second-order valence-corrected chi connectivity index (χ2v) is 6.13. The van der Waals surface area contributed by atoms with E-state index in [1.54, 1.807) is 0 Å². The van der Waals surface area contributed by atoms with Crippen LogP contribution in [-0.4, -0.2) is 29.8 Å². The zero-order chi connectivity index (χ0) is 13.4. The number of rotatable bonds is 3. The van der Waals surface area contributed by atoms with Crippen LogP contribution in [0.1, 0.15) is 48.5 Å². The smallest absolute Gasteiger partial charge is 0.166 e. The van der Waals surface area contributed by atoms with Crippen molar-refractivity contribution in [2.24, 2.45) is 5.92 Å². The monoisotopic (exact) mass is 257 g/mol. The molecule has 19 heavy (non-hydrogen) atoms. The molecule has 0 aliphatic carbocycles. The van der Waals surface area contributed by atoms with Crippen LogP contribution in [0.5, 0.6) is 0 Å². The topological polar surface area (TPSA) is 20.3 Å². The highest BCUT2D eigenvalue weighted by atomic mass is 16.1. The Morgan fingerprint density at radius 2 is 1.74 bits per heavy atom. The number of benzene rings is 1. The van der Waals surface area contributed by atoms with E-state index in [0.717, 1.165) is 24.8 Å². The van der Waals surface area contributed by atoms with Crippen LogP contribution in [0.15, 0.2) is 24.3 Å². The fraction of sp³-hybridized carbons (Fsp3) is 0.588. The lowest BCUT2D eigenvalue weighted by atomic mass is 9.85. The van der Waals surface area contributed by atoms with Crippen molar-refractivity contribution in [2.75, 3.05) is 7.05 Å². The number of hydrogen-bond acceptors (Lipinski definition) is 2. The Balaban J connectivity index is 1.73. The molecular formula is C17H23NO. The van der Waals surface area contributed by atoms with Crippen molar-refractivity contribution in [3.05, 3.63) is 35.4 Å². The number of piperidine rings is 1. The molecule has 0 aromatic heterocycles. The van der Waals surface area contributed by atoms with Crippen LogP contribution in [0.4, 0.5) is 0 Å². The molecule has 1 aromatic carbocycles. The predicted molar refractivity (Wildman–Crippen MR) is 77.4 cm³/mol. The first-order valence-corrected chi connectivity index (χ1v) is 7.54. The molecule has 2 unspecified atom stereocenters. The van der Waals surface area contributed by atoms with Crippen LogP contribution in [0.25, 0.3) is 0 Å². The van der Waals surface area contributed by atoms with Gasteiger partial charge in [-0.05, 0) is 44.7 Å². The second kappa shape index (κ2) is 5.09. The fourth-order valence-electron chi connectivity index (χ4n) is 3.77. The standard InChI is InChI=1S/C17H23NO/c1-3-12-4-6-13(7-5-12)17(19)14-10-15-8-9-16(11-14)18(15)2/h4-7,14-16H,3,8-11H2,1-2H3. The minimum Gasteiger partial charge on any atom is -0.300 e. The molecule has 0 spiro atoms. The number of ketones is 1. The number of carbonyl (C=O) groups is 1. The molecule has 2 aliphatic heterocycles. The van der Waals surface area contributed by atoms with Gasteiger partial charge in [0.15, 0.2) is 5.78 Å². The van der Waals surface area contributed by atoms with Crippen molar-refractivity contribution in [3.63, 3.8) is 0 Å². The van der Waals surface area contributed by atoms with Gasteiger partial charge in [0.25, 0.3) is 0 Å². The number of carbonyl (C=O) groups excluding carboxylic acids is 1. The molecule has 2 saturated heterocycles. The summed E-state index contributed by atoms with van der Waals surface area (Å²) in [6.07, 6.45) is 5.70. The van der Waals surface area contributed by atoms with Gasteiger partial charge in [-0.25, -0.2) is 0 Å². The Morgan fingerprint density at radius 1 is 1.16 bits per heavy atom. The lowest BCUT2D eigenvalue weighted by molar-refractivity contribution is 0.0767. The number of nitrogens with zero attached hydrogens (tertiary/aromatic N) is 1. The molecule has 3 rings (SSSR count). The summed E-state index contributed by atoms with van der Waals surface area (Å²) in [6, 6.07) is 9.50. The summed E-state index contributed by atoms with van der Waals surface area (Å²) < 4.78 is 0. The Morgan fingerprint density at radius 3 is 2.26 bits per heavy atom. The Labute approximate surface area is 115 Å². The highest BCUT2D eigenvalue weighted by Gasteiger charge is 2.40. The van der Waals surface area contributed by atoms with Crippen LogP contribution in [0.2, 0.25) is 0 Å². The van der Waals surface area contributed by atoms with E-state index in [4.69, 9.17) is 0 Å². The summed E-state index contributed by atoms with van der Waals surface area (Å²) in [7, 11) is 2.22. The largest absolute Gasteiger partial charge is 0.300 e. The van der Waals surface area contributed by atoms with Gasteiger partial charge in [-0.3, -0.25) is 4.79 Å². The molecule has 0 saturated carbocycles. The molecular weight excluding hydrogens is 234 g/mol. The SMILES string of the molecule is CCc1ccc(C(=O)C2CC3CCC(C2)N3C)cc1. The third-order valence-corrected chi connectivity index (χ3v) is 5.12. The van der Waals surface area contributed by atoms with E-state index in [1.165, 1.54) is 18.4 Å².